The Kier molecular flexibility index (Phi) is 38.6. The van der Waals surface area contributed by atoms with Gasteiger partial charge in [-0.25, -0.2) is 0 Å². The van der Waals surface area contributed by atoms with Crippen LogP contribution in [0.3, 0.4) is 0 Å². The zero-order valence-electron chi connectivity index (χ0n) is 53.7. The number of nitrogens with two attached hydrogens (primary N) is 6. The Morgan fingerprint density at radius 1 is 0.500 bits per heavy atom. The smallest absolute Gasteiger partial charge is 0.305 e. The van der Waals surface area contributed by atoms with Crippen molar-refractivity contribution in [3.8, 4) is 5.75 Å². The number of carbonyl (C=O) groups is 11. The Morgan fingerprint density at radius 2 is 0.933 bits per heavy atom. The number of phenols is 1. The molecule has 0 aromatic heterocycles. The monoisotopic (exact) mass is 1270 g/mol. The number of carbonyl (C=O) groups excluding carboxylic acids is 10. The molecule has 508 valence electrons. The number of aliphatic hydroxyl groups excluding tert-OH is 2. The maximum atomic E-state index is 14.5. The van der Waals surface area contributed by atoms with Crippen LogP contribution in [0.15, 0.2) is 34.3 Å². The zero-order valence-corrected chi connectivity index (χ0v) is 53.7. The number of benzene rings is 1. The minimum atomic E-state index is -1.83. The van der Waals surface area contributed by atoms with E-state index in [4.69, 9.17) is 34.4 Å². The number of phenolic OH excluding ortho intramolecular Hbond substituents is 1. The van der Waals surface area contributed by atoms with E-state index in [0.717, 1.165) is 0 Å². The number of ketones is 4. The number of hydrogen-bond acceptors (Lipinski definition) is 17. The molecule has 0 bridgehead atoms. The van der Waals surface area contributed by atoms with E-state index in [1.165, 1.54) is 31.2 Å². The molecular formula is C62H105N13O15. The van der Waals surface area contributed by atoms with Gasteiger partial charge >= 0.3 is 5.97 Å². The lowest BCUT2D eigenvalue weighted by molar-refractivity contribution is -0.142. The lowest BCUT2D eigenvalue weighted by Crippen LogP contribution is -2.51. The van der Waals surface area contributed by atoms with Gasteiger partial charge in [0.2, 0.25) is 35.4 Å². The minimum Gasteiger partial charge on any atom is -0.508 e. The normalized spacial score (nSPS) is 15.0. The Hall–Kier alpha value is -7.59. The van der Waals surface area contributed by atoms with Gasteiger partial charge in [-0.15, -0.1) is 0 Å². The molecule has 0 heterocycles. The fraction of sp³-hybridized carbons (Fsp3) is 0.694. The predicted molar refractivity (Wildman–Crippen MR) is 339 cm³/mol. The number of guanidine groups is 2. The molecule has 0 aliphatic carbocycles. The van der Waals surface area contributed by atoms with Crippen LogP contribution in [0, 0.1) is 41.4 Å². The van der Waals surface area contributed by atoms with Crippen molar-refractivity contribution in [3.05, 3.63) is 29.8 Å². The van der Waals surface area contributed by atoms with Crippen LogP contribution in [-0.4, -0.2) is 159 Å². The average molecular weight is 1270 g/mol. The number of unbranched alkanes of at least 4 members (excludes halogenated alkanes) is 2. The largest absolute Gasteiger partial charge is 0.508 e. The molecule has 0 aliphatic rings. The lowest BCUT2D eigenvalue weighted by atomic mass is 9.88. The quantitative estimate of drug-likeness (QED) is 0.0240. The van der Waals surface area contributed by atoms with Crippen molar-refractivity contribution >= 4 is 76.5 Å². The number of rotatable bonds is 49. The number of carboxylic acid groups (broad SMARTS) is 1. The summed E-state index contributed by atoms with van der Waals surface area (Å²) in [5.74, 6) is -15.2. The fourth-order valence-electron chi connectivity index (χ4n) is 10.2. The first-order chi connectivity index (χ1) is 42.4. The molecule has 6 amide bonds. The standard InChI is InChI=1S/C62H105N13O15/c1-8-10-17-45(72-59(89)42(34-76)31-50(79)46(18-14-25-70-62(67)68)71-56(86)39(9-2)26-35(3)4)53(82)32-44(37(7)77)60(90)74-48(33-54(83)84)52(81)29-40(15-11-12-23-63)57(87)73-47(28-38-19-21-43(78)22-20-38)51(80)30-41(16-13-24-69-61(65)66)58(88)75-49(55(64)85)27-36(5)6/h19-22,35-37,39-42,44-49,76-78H,8-18,23-34,63H2,1-7H3,(H2,64,85)(H,71,86)(H,72,89)(H,73,87)(H,74,90)(H,75,88)(H,83,84)(H4,65,66,69)(H4,67,68,70)/t37-,39+,40-,41-,42+,44+,45+,46+,47+,48+,49+/m1/s1. The Balaban J connectivity index is 3.61. The van der Waals surface area contributed by atoms with Gasteiger partial charge in [0.15, 0.2) is 35.1 Å². The van der Waals surface area contributed by atoms with Gasteiger partial charge in [0.05, 0.1) is 55.1 Å². The highest BCUT2D eigenvalue weighted by Crippen LogP contribution is 2.24. The van der Waals surface area contributed by atoms with Gasteiger partial charge in [-0.1, -0.05) is 72.9 Å². The summed E-state index contributed by atoms with van der Waals surface area (Å²) in [4.78, 5) is 160. The number of aliphatic imine (C=N–C) groups is 2. The third-order valence-corrected chi connectivity index (χ3v) is 15.4. The van der Waals surface area contributed by atoms with Crippen LogP contribution in [0.4, 0.5) is 0 Å². The number of carboxylic acids is 1. The maximum Gasteiger partial charge on any atom is 0.305 e. The highest BCUT2D eigenvalue weighted by Gasteiger charge is 2.38. The predicted octanol–water partition coefficient (Wildman–Crippen LogP) is 0.538. The Morgan fingerprint density at radius 3 is 1.40 bits per heavy atom. The number of Topliss-reactive ketones (excluding diaryl/α,β-unsaturated/α-hetero) is 4. The van der Waals surface area contributed by atoms with Crippen molar-refractivity contribution in [1.82, 2.24) is 26.6 Å². The van der Waals surface area contributed by atoms with E-state index in [2.05, 4.69) is 36.6 Å². The lowest BCUT2D eigenvalue weighted by Gasteiger charge is -2.27. The van der Waals surface area contributed by atoms with Crippen LogP contribution in [0.5, 0.6) is 5.75 Å². The van der Waals surface area contributed by atoms with Crippen molar-refractivity contribution in [2.75, 3.05) is 26.2 Å². The van der Waals surface area contributed by atoms with Crippen LogP contribution in [0.2, 0.25) is 0 Å². The highest BCUT2D eigenvalue weighted by molar-refractivity contribution is 5.99. The number of amides is 6. The van der Waals surface area contributed by atoms with E-state index < -0.39 is 163 Å². The molecule has 90 heavy (non-hydrogen) atoms. The van der Waals surface area contributed by atoms with Gasteiger partial charge in [0.1, 0.15) is 11.8 Å². The molecule has 21 N–H and O–H groups in total. The molecule has 0 saturated heterocycles. The van der Waals surface area contributed by atoms with Crippen LogP contribution in [-0.2, 0) is 59.2 Å². The third-order valence-electron chi connectivity index (χ3n) is 15.4. The minimum absolute atomic E-state index is 0.0144. The molecule has 28 heteroatoms. The summed E-state index contributed by atoms with van der Waals surface area (Å²) in [7, 11) is 0. The molecule has 0 radical (unpaired) electrons. The first-order valence-electron chi connectivity index (χ1n) is 31.4. The average Bonchev–Trinajstić information content (AvgIpc) is 1.60. The van der Waals surface area contributed by atoms with Gasteiger partial charge in [0.25, 0.3) is 0 Å². The molecule has 0 spiro atoms. The first kappa shape index (κ1) is 80.4. The van der Waals surface area contributed by atoms with E-state index >= 15 is 0 Å². The number of aliphatic hydroxyl groups is 2. The van der Waals surface area contributed by atoms with Crippen molar-refractivity contribution in [2.45, 2.75) is 207 Å². The van der Waals surface area contributed by atoms with Crippen molar-refractivity contribution in [3.63, 3.8) is 0 Å². The van der Waals surface area contributed by atoms with Crippen LogP contribution >= 0.6 is 0 Å². The molecular weight excluding hydrogens is 1170 g/mol. The molecule has 0 saturated carbocycles. The fourth-order valence-corrected chi connectivity index (χ4v) is 10.2. The second kappa shape index (κ2) is 43.2. The molecule has 28 nitrogen and oxygen atoms in total. The summed E-state index contributed by atoms with van der Waals surface area (Å²) < 4.78 is 0. The number of nitrogens with zero attached hydrogens (tertiary/aromatic N) is 2. The third kappa shape index (κ3) is 32.2. The van der Waals surface area contributed by atoms with E-state index in [9.17, 15) is 73.2 Å². The van der Waals surface area contributed by atoms with Crippen molar-refractivity contribution in [2.24, 2.45) is 85.8 Å². The maximum absolute atomic E-state index is 14.5. The zero-order chi connectivity index (χ0) is 68.2. The number of aromatic hydroxyl groups is 1. The second-order valence-electron chi connectivity index (χ2n) is 24.2. The summed E-state index contributed by atoms with van der Waals surface area (Å²) in [6.07, 6.45) is -1.69. The molecule has 0 unspecified atom stereocenters. The topological polar surface area (TPSA) is 510 Å². The van der Waals surface area contributed by atoms with E-state index in [1.54, 1.807) is 0 Å². The summed E-state index contributed by atoms with van der Waals surface area (Å²) in [6.45, 7) is 12.0. The van der Waals surface area contributed by atoms with Crippen LogP contribution in [0.25, 0.3) is 0 Å². The van der Waals surface area contributed by atoms with E-state index in [-0.39, 0.29) is 113 Å². The van der Waals surface area contributed by atoms with E-state index in [0.29, 0.717) is 37.7 Å². The SMILES string of the molecule is CCCC[C@H](NC(=O)[C@H](CO)CC(=O)[C@H](CCCN=C(N)N)NC(=O)[C@@H](CC)CC(C)C)C(=O)C[C@H](C(=O)N[C@@H](CC(=O)O)C(=O)C[C@@H](CCCCN)C(=O)N[C@@H](Cc1ccc(O)cc1)C(=O)C[C@@H](CCCN=C(N)N)C(=O)N[C@@H](CC(C)C)C(N)=O)[C@@H](C)O. The Labute approximate surface area is 528 Å². The van der Waals surface area contributed by atoms with Crippen molar-refractivity contribution < 1.29 is 73.2 Å². The van der Waals surface area contributed by atoms with Gasteiger partial charge in [0, 0.05) is 56.5 Å². The van der Waals surface area contributed by atoms with Crippen molar-refractivity contribution in [1.29, 1.82) is 0 Å². The number of primary amides is 1. The second-order valence-corrected chi connectivity index (χ2v) is 24.2. The molecule has 1 aromatic rings. The summed E-state index contributed by atoms with van der Waals surface area (Å²) >= 11 is 0. The number of nitrogens with one attached hydrogen (secondary N) is 5. The van der Waals surface area contributed by atoms with Crippen LogP contribution < -0.4 is 61.0 Å². The molecule has 1 aromatic carbocycles. The molecule has 1 rings (SSSR count). The molecule has 0 fully saturated rings. The summed E-state index contributed by atoms with van der Waals surface area (Å²) in [5, 5.41) is 54.7. The van der Waals surface area contributed by atoms with Gasteiger partial charge in [-0.05, 0) is 114 Å². The number of hydrogen-bond donors (Lipinski definition) is 15. The van der Waals surface area contributed by atoms with E-state index in [1.807, 2.05) is 41.5 Å². The van der Waals surface area contributed by atoms with Crippen LogP contribution in [0.1, 0.15) is 170 Å². The first-order valence-corrected chi connectivity index (χ1v) is 31.4. The van der Waals surface area contributed by atoms with Gasteiger partial charge in [-0.2, -0.15) is 0 Å². The number of aliphatic carboxylic acids is 1. The Bertz CT molecular complexity index is 2540. The van der Waals surface area contributed by atoms with Gasteiger partial charge in [-0.3, -0.25) is 62.7 Å². The molecule has 11 atom stereocenters. The molecule has 0 aliphatic heterocycles. The summed E-state index contributed by atoms with van der Waals surface area (Å²) in [6, 6.07) is -0.911. The highest BCUT2D eigenvalue weighted by atomic mass is 16.4. The van der Waals surface area contributed by atoms with Gasteiger partial charge < -0.3 is 81.4 Å². The summed E-state index contributed by atoms with van der Waals surface area (Å²) in [5.41, 5.74) is 33.9.